The van der Waals surface area contributed by atoms with Crippen molar-refractivity contribution >= 4 is 40.9 Å². The van der Waals surface area contributed by atoms with E-state index in [9.17, 15) is 10.2 Å². The zero-order valence-electron chi connectivity index (χ0n) is 17.1. The zero-order valence-corrected chi connectivity index (χ0v) is 18.7. The number of aromatic nitrogens is 5. The highest BCUT2D eigenvalue weighted by Crippen LogP contribution is 2.42. The minimum atomic E-state index is -0.955. The lowest BCUT2D eigenvalue weighted by molar-refractivity contribution is 0.0179. The second-order valence-corrected chi connectivity index (χ2v) is 8.34. The number of hydrogen-bond donors (Lipinski definition) is 3. The molecular weight excluding hydrogens is 451 g/mol. The molecule has 10 heteroatoms. The molecule has 0 radical (unpaired) electrons. The number of hydrogen-bond acceptors (Lipinski definition) is 6. The van der Waals surface area contributed by atoms with Crippen molar-refractivity contribution in [3.05, 3.63) is 71.4 Å². The van der Waals surface area contributed by atoms with Gasteiger partial charge in [-0.2, -0.15) is 10.1 Å². The van der Waals surface area contributed by atoms with Crippen molar-refractivity contribution < 1.29 is 10.2 Å². The third-order valence-corrected chi connectivity index (χ3v) is 6.31. The normalized spacial score (nSPS) is 22.8. The predicted molar refractivity (Wildman–Crippen MR) is 125 cm³/mol. The van der Waals surface area contributed by atoms with Crippen molar-refractivity contribution in [1.29, 1.82) is 0 Å². The summed E-state index contributed by atoms with van der Waals surface area (Å²) in [6.45, 7) is 0.746. The van der Waals surface area contributed by atoms with Crippen LogP contribution in [-0.4, -0.2) is 46.7 Å². The first kappa shape index (κ1) is 22.5. The van der Waals surface area contributed by atoms with Gasteiger partial charge in [-0.1, -0.05) is 30.3 Å². The molecule has 4 aromatic rings. The Labute approximate surface area is 196 Å². The summed E-state index contributed by atoms with van der Waals surface area (Å²) in [5.41, 5.74) is 8.65. The third kappa shape index (κ3) is 4.06. The van der Waals surface area contributed by atoms with Gasteiger partial charge >= 0.3 is 0 Å². The number of benzene rings is 1. The Kier molecular flexibility index (Phi) is 6.39. The van der Waals surface area contributed by atoms with Gasteiger partial charge in [-0.15, -0.1) is 12.4 Å². The Morgan fingerprint density at radius 3 is 2.66 bits per heavy atom. The van der Waals surface area contributed by atoms with E-state index in [0.717, 1.165) is 18.5 Å². The van der Waals surface area contributed by atoms with Crippen LogP contribution in [0, 0.1) is 0 Å². The number of nitrogens with zero attached hydrogens (tertiary/aromatic N) is 5. The van der Waals surface area contributed by atoms with Crippen molar-refractivity contribution in [2.24, 2.45) is 0 Å². The summed E-state index contributed by atoms with van der Waals surface area (Å²) in [5.74, 6) is 0.0515. The van der Waals surface area contributed by atoms with Crippen LogP contribution >= 0.6 is 24.0 Å². The second kappa shape index (κ2) is 9.07. The van der Waals surface area contributed by atoms with Gasteiger partial charge in [-0.25, -0.2) is 4.98 Å². The average molecular weight is 475 g/mol. The first-order valence-electron chi connectivity index (χ1n) is 10.2. The third-order valence-electron chi connectivity index (χ3n) is 6.14. The quantitative estimate of drug-likeness (QED) is 0.383. The first-order valence-corrected chi connectivity index (χ1v) is 10.6. The fourth-order valence-electron chi connectivity index (χ4n) is 4.49. The monoisotopic (exact) mass is 474 g/mol. The van der Waals surface area contributed by atoms with E-state index in [1.54, 1.807) is 18.5 Å². The Balaban J connectivity index is 0.00000245. The van der Waals surface area contributed by atoms with E-state index in [0.29, 0.717) is 17.5 Å². The second-order valence-electron chi connectivity index (χ2n) is 8.00. The molecule has 0 bridgehead atoms. The molecule has 0 amide bonds. The number of nitrogen functional groups attached to an aromatic ring is 1. The summed E-state index contributed by atoms with van der Waals surface area (Å²) in [5, 5.41) is 26.8. The van der Waals surface area contributed by atoms with Crippen LogP contribution in [0.5, 0.6) is 0 Å². The number of anilines is 1. The first-order chi connectivity index (χ1) is 15.0. The van der Waals surface area contributed by atoms with Crippen LogP contribution in [0.25, 0.3) is 11.0 Å². The highest BCUT2D eigenvalue weighted by atomic mass is 35.5. The molecule has 3 heterocycles. The van der Waals surface area contributed by atoms with Crippen molar-refractivity contribution in [3.8, 4) is 0 Å². The molecule has 1 fully saturated rings. The van der Waals surface area contributed by atoms with Crippen LogP contribution in [-0.2, 0) is 13.0 Å². The number of nitrogens with two attached hydrogens (primary N) is 1. The Hall–Kier alpha value is -2.65. The molecule has 4 N–H and O–H groups in total. The molecule has 1 aliphatic carbocycles. The van der Waals surface area contributed by atoms with Crippen LogP contribution in [0.4, 0.5) is 5.82 Å². The molecule has 0 saturated heterocycles. The zero-order chi connectivity index (χ0) is 21.5. The van der Waals surface area contributed by atoms with Gasteiger partial charge in [-0.3, -0.25) is 4.68 Å². The lowest BCUT2D eigenvalue weighted by atomic mass is 9.99. The van der Waals surface area contributed by atoms with Crippen molar-refractivity contribution in [3.63, 3.8) is 0 Å². The number of halogens is 2. The van der Waals surface area contributed by atoms with Gasteiger partial charge < -0.3 is 20.5 Å². The van der Waals surface area contributed by atoms with Crippen LogP contribution in [0.3, 0.4) is 0 Å². The standard InChI is InChI=1S/C22H23ClN6O2.ClH/c23-22-26-20(24)15-7-9-29(21(15)27-22)17-10-16(18(30)19(17)31)14-11-25-28(12-14)8-6-13-4-2-1-3-5-13;/h1-5,7,9,11-12,16-19,30-31H,6,8,10H2,(H2,24,26,27);1H/t16-,17-,18-,19+;/m1./s1. The van der Waals surface area contributed by atoms with Crippen LogP contribution in [0.2, 0.25) is 5.28 Å². The van der Waals surface area contributed by atoms with E-state index >= 15 is 0 Å². The molecule has 5 rings (SSSR count). The maximum atomic E-state index is 10.8. The predicted octanol–water partition coefficient (Wildman–Crippen LogP) is 2.98. The van der Waals surface area contributed by atoms with Crippen LogP contribution in [0.15, 0.2) is 55.0 Å². The number of aliphatic hydroxyl groups is 2. The molecule has 1 aromatic carbocycles. The molecule has 1 saturated carbocycles. The Bertz CT molecular complexity index is 1210. The molecule has 0 aliphatic heterocycles. The average Bonchev–Trinajstić information content (AvgIpc) is 3.46. The van der Waals surface area contributed by atoms with Gasteiger partial charge in [-0.05, 0) is 41.6 Å². The van der Waals surface area contributed by atoms with E-state index in [2.05, 4.69) is 27.2 Å². The number of aliphatic hydroxyl groups excluding tert-OH is 2. The molecule has 0 unspecified atom stereocenters. The van der Waals surface area contributed by atoms with Crippen LogP contribution < -0.4 is 5.73 Å². The van der Waals surface area contributed by atoms with Gasteiger partial charge in [0.2, 0.25) is 5.28 Å². The largest absolute Gasteiger partial charge is 0.390 e. The summed E-state index contributed by atoms with van der Waals surface area (Å²) in [7, 11) is 0. The summed E-state index contributed by atoms with van der Waals surface area (Å²) in [6, 6.07) is 11.7. The van der Waals surface area contributed by atoms with Crippen LogP contribution in [0.1, 0.15) is 29.5 Å². The maximum Gasteiger partial charge on any atom is 0.226 e. The number of rotatable bonds is 5. The van der Waals surface area contributed by atoms with E-state index in [1.165, 1.54) is 5.56 Å². The number of aryl methyl sites for hydroxylation is 2. The molecule has 4 atom stereocenters. The molecule has 1 aliphatic rings. The van der Waals surface area contributed by atoms with Crippen molar-refractivity contribution in [2.45, 2.75) is 43.6 Å². The fourth-order valence-corrected chi connectivity index (χ4v) is 4.67. The summed E-state index contributed by atoms with van der Waals surface area (Å²) in [6.07, 6.45) is 5.08. The maximum absolute atomic E-state index is 10.8. The SMILES string of the molecule is Cl.Nc1nc(Cl)nc2c1ccn2[C@@H]1C[C@H](c2cnn(CCc3ccccc3)c2)[C@@H](O)[C@H]1O. The topological polar surface area (TPSA) is 115 Å². The molecule has 32 heavy (non-hydrogen) atoms. The Morgan fingerprint density at radius 1 is 1.09 bits per heavy atom. The van der Waals surface area contributed by atoms with E-state index in [4.69, 9.17) is 17.3 Å². The van der Waals surface area contributed by atoms with E-state index in [-0.39, 0.29) is 35.5 Å². The van der Waals surface area contributed by atoms with Gasteiger partial charge in [0, 0.05) is 24.9 Å². The minimum Gasteiger partial charge on any atom is -0.390 e. The van der Waals surface area contributed by atoms with Gasteiger partial charge in [0.15, 0.2) is 0 Å². The lowest BCUT2D eigenvalue weighted by Crippen LogP contribution is -2.28. The molecule has 0 spiro atoms. The summed E-state index contributed by atoms with van der Waals surface area (Å²) >= 11 is 5.99. The van der Waals surface area contributed by atoms with Crippen molar-refractivity contribution in [2.75, 3.05) is 5.73 Å². The fraction of sp³-hybridized carbons (Fsp3) is 0.318. The van der Waals surface area contributed by atoms with Crippen molar-refractivity contribution in [1.82, 2.24) is 24.3 Å². The molecular formula is C22H24Cl2N6O2. The number of fused-ring (bicyclic) bond motifs is 1. The summed E-state index contributed by atoms with van der Waals surface area (Å²) in [4.78, 5) is 8.26. The highest BCUT2D eigenvalue weighted by Gasteiger charge is 2.44. The molecule has 3 aromatic heterocycles. The smallest absolute Gasteiger partial charge is 0.226 e. The molecule has 168 valence electrons. The van der Waals surface area contributed by atoms with Gasteiger partial charge in [0.1, 0.15) is 17.6 Å². The van der Waals surface area contributed by atoms with E-state index < -0.39 is 12.2 Å². The Morgan fingerprint density at radius 2 is 1.88 bits per heavy atom. The van der Waals surface area contributed by atoms with Gasteiger partial charge in [0.25, 0.3) is 0 Å². The van der Waals surface area contributed by atoms with Gasteiger partial charge in [0.05, 0.1) is 23.7 Å². The lowest BCUT2D eigenvalue weighted by Gasteiger charge is -2.19. The minimum absolute atomic E-state index is 0. The summed E-state index contributed by atoms with van der Waals surface area (Å²) < 4.78 is 3.71. The van der Waals surface area contributed by atoms with E-state index in [1.807, 2.05) is 33.6 Å². The molecule has 8 nitrogen and oxygen atoms in total. The highest BCUT2D eigenvalue weighted by molar-refractivity contribution is 6.28.